The van der Waals surface area contributed by atoms with Gasteiger partial charge in [0.15, 0.2) is 0 Å². The maximum atomic E-state index is 12.5. The number of nitrogens with zero attached hydrogens (tertiary/aromatic N) is 2. The number of esters is 1. The van der Waals surface area contributed by atoms with Crippen LogP contribution in [0.5, 0.6) is 0 Å². The molecule has 31 heavy (non-hydrogen) atoms. The predicted molar refractivity (Wildman–Crippen MR) is 126 cm³/mol. The number of aromatic nitrogens is 1. The second-order valence-electron chi connectivity index (χ2n) is 6.74. The Labute approximate surface area is 192 Å². The van der Waals surface area contributed by atoms with Crippen LogP contribution in [-0.2, 0) is 25.7 Å². The molecule has 0 aliphatic carbocycles. The summed E-state index contributed by atoms with van der Waals surface area (Å²) in [4.78, 5) is 45.4. The molecule has 0 saturated carbocycles. The van der Waals surface area contributed by atoms with Crippen molar-refractivity contribution in [2.24, 2.45) is 4.99 Å². The Morgan fingerprint density at radius 3 is 2.58 bits per heavy atom. The van der Waals surface area contributed by atoms with E-state index in [0.717, 1.165) is 5.01 Å². The molecule has 172 valence electrons. The number of fused-ring (bicyclic) bond motifs is 4. The lowest BCUT2D eigenvalue weighted by Crippen LogP contribution is -2.46. The van der Waals surface area contributed by atoms with Gasteiger partial charge in [0.05, 0.1) is 13.0 Å². The number of carbonyl (C=O) groups is 3. The van der Waals surface area contributed by atoms with Gasteiger partial charge in [0.2, 0.25) is 11.8 Å². The van der Waals surface area contributed by atoms with Crippen molar-refractivity contribution in [1.29, 1.82) is 0 Å². The van der Waals surface area contributed by atoms with Gasteiger partial charge in [0, 0.05) is 11.1 Å². The summed E-state index contributed by atoms with van der Waals surface area (Å²) in [6.07, 6.45) is 1.83. The maximum Gasteiger partial charge on any atom is 0.326 e. The Bertz CT molecular complexity index is 809. The number of hydrogen-bond acceptors (Lipinski definition) is 8. The fraction of sp³-hybridized carbons (Fsp3) is 0.571. The second-order valence-corrected chi connectivity index (χ2v) is 8.65. The fourth-order valence-corrected chi connectivity index (χ4v) is 4.32. The summed E-state index contributed by atoms with van der Waals surface area (Å²) in [7, 11) is 0. The van der Waals surface area contributed by atoms with E-state index in [2.05, 4.69) is 41.0 Å². The zero-order chi connectivity index (χ0) is 23.4. The number of nitrogens with one attached hydrogen (secondary N) is 2. The highest BCUT2D eigenvalue weighted by molar-refractivity contribution is 8.14. The van der Waals surface area contributed by atoms with E-state index in [0.29, 0.717) is 16.5 Å². The Morgan fingerprint density at radius 2 is 1.94 bits per heavy atom. The van der Waals surface area contributed by atoms with Crippen LogP contribution in [0, 0.1) is 0 Å². The first kappa shape index (κ1) is 26.8. The molecular weight excluding hydrogens is 436 g/mol. The molecule has 2 N–H and O–H groups in total. The molecule has 0 fully saturated rings. The van der Waals surface area contributed by atoms with Crippen molar-refractivity contribution in [3.63, 3.8) is 0 Å². The van der Waals surface area contributed by atoms with Crippen molar-refractivity contribution in [1.82, 2.24) is 15.6 Å². The Hall–Kier alpha value is -2.20. The van der Waals surface area contributed by atoms with E-state index in [-0.39, 0.29) is 31.3 Å². The Balaban J connectivity index is 0.000000884. The monoisotopic (exact) mass is 468 g/mol. The van der Waals surface area contributed by atoms with E-state index in [1.54, 1.807) is 6.92 Å². The molecule has 2 atom stereocenters. The lowest BCUT2D eigenvalue weighted by Gasteiger charge is -2.19. The summed E-state index contributed by atoms with van der Waals surface area (Å²) in [5.41, 5.74) is -0.274. The van der Waals surface area contributed by atoms with Gasteiger partial charge in [-0.1, -0.05) is 46.8 Å². The summed E-state index contributed by atoms with van der Waals surface area (Å²) >= 11 is 2.85. The molecule has 3 rings (SSSR count). The predicted octanol–water partition coefficient (Wildman–Crippen LogP) is 3.07. The molecule has 10 heteroatoms. The highest BCUT2D eigenvalue weighted by atomic mass is 32.2. The van der Waals surface area contributed by atoms with Gasteiger partial charge in [-0.3, -0.25) is 19.4 Å². The number of ether oxygens (including phenoxy) is 1. The molecule has 2 aliphatic heterocycles. The van der Waals surface area contributed by atoms with Crippen LogP contribution in [0.4, 0.5) is 0 Å². The average molecular weight is 469 g/mol. The van der Waals surface area contributed by atoms with Crippen LogP contribution in [0.2, 0.25) is 0 Å². The standard InChI is InChI=1S/C16H18N4O4S2.C3H8.C2H6/c1-3-9-4-11(21)17-5-12-19-10(7-25-12)14-20-16(2,8-26-14)15(23)18-6-13(22)24-9;1-3-2;1-2/h3,7,9H,1,4-6,8H2,2H3,(H,17,21)(H,18,23);3H2,1-2H3;1-2H3. The number of rotatable bonds is 1. The normalized spacial score (nSPS) is 23.6. The minimum Gasteiger partial charge on any atom is -0.456 e. The smallest absolute Gasteiger partial charge is 0.326 e. The number of carbonyl (C=O) groups excluding carboxylic acids is 3. The minimum absolute atomic E-state index is 0.0400. The topological polar surface area (TPSA) is 110 Å². The van der Waals surface area contributed by atoms with Crippen LogP contribution >= 0.6 is 23.1 Å². The first-order valence-electron chi connectivity index (χ1n) is 10.4. The maximum absolute atomic E-state index is 12.5. The molecule has 4 bridgehead atoms. The van der Waals surface area contributed by atoms with Gasteiger partial charge in [-0.15, -0.1) is 23.1 Å². The van der Waals surface area contributed by atoms with Crippen LogP contribution in [0.25, 0.3) is 0 Å². The van der Waals surface area contributed by atoms with Crippen molar-refractivity contribution in [3.05, 3.63) is 28.7 Å². The van der Waals surface area contributed by atoms with E-state index in [9.17, 15) is 14.4 Å². The van der Waals surface area contributed by atoms with E-state index >= 15 is 0 Å². The minimum atomic E-state index is -0.965. The lowest BCUT2D eigenvalue weighted by molar-refractivity contribution is -0.148. The van der Waals surface area contributed by atoms with Gasteiger partial charge in [0.25, 0.3) is 0 Å². The van der Waals surface area contributed by atoms with Gasteiger partial charge < -0.3 is 15.4 Å². The van der Waals surface area contributed by atoms with Crippen molar-refractivity contribution in [3.8, 4) is 0 Å². The van der Waals surface area contributed by atoms with Gasteiger partial charge in [-0.2, -0.15) is 0 Å². The first-order valence-corrected chi connectivity index (χ1v) is 12.2. The second kappa shape index (κ2) is 13.3. The summed E-state index contributed by atoms with van der Waals surface area (Å²) in [5.74, 6) is -0.810. The number of amides is 2. The SMILES string of the molecule is C=CC1CC(=O)NCc2nc(cs2)C2=NC(C)(CS2)C(=O)NCC(=O)O1.CC.CCC. The first-order chi connectivity index (χ1) is 14.8. The van der Waals surface area contributed by atoms with Crippen LogP contribution in [0.15, 0.2) is 23.0 Å². The molecular formula is C21H32N4O4S2. The zero-order valence-corrected chi connectivity index (χ0v) is 20.5. The van der Waals surface area contributed by atoms with Crippen LogP contribution < -0.4 is 10.6 Å². The van der Waals surface area contributed by atoms with Gasteiger partial charge in [0.1, 0.15) is 33.9 Å². The van der Waals surface area contributed by atoms with Crippen molar-refractivity contribution >= 4 is 45.9 Å². The van der Waals surface area contributed by atoms with Crippen LogP contribution in [-0.4, -0.2) is 51.8 Å². The van der Waals surface area contributed by atoms with Gasteiger partial charge in [-0.25, -0.2) is 4.98 Å². The third kappa shape index (κ3) is 8.10. The molecule has 1 aromatic rings. The molecule has 1 aromatic heterocycles. The third-order valence-corrected chi connectivity index (χ3v) is 5.99. The molecule has 0 saturated heterocycles. The van der Waals surface area contributed by atoms with E-state index in [1.165, 1.54) is 35.6 Å². The summed E-state index contributed by atoms with van der Waals surface area (Å²) in [6.45, 7) is 13.5. The molecule has 2 aliphatic rings. The Kier molecular flexibility index (Phi) is 11.5. The number of hydrogen-bond donors (Lipinski definition) is 2. The van der Waals surface area contributed by atoms with Crippen LogP contribution in [0.1, 0.15) is 58.2 Å². The fourth-order valence-electron chi connectivity index (χ4n) is 2.39. The van der Waals surface area contributed by atoms with Crippen LogP contribution in [0.3, 0.4) is 0 Å². The number of aliphatic imine (C=N–C) groups is 1. The lowest BCUT2D eigenvalue weighted by atomic mass is 10.1. The third-order valence-electron chi connectivity index (χ3n) is 3.86. The Morgan fingerprint density at radius 1 is 1.26 bits per heavy atom. The molecule has 3 heterocycles. The quantitative estimate of drug-likeness (QED) is 0.484. The molecule has 0 aromatic carbocycles. The summed E-state index contributed by atoms with van der Waals surface area (Å²) in [5, 5.41) is 8.57. The van der Waals surface area contributed by atoms with Crippen molar-refractivity contribution in [2.75, 3.05) is 12.3 Å². The molecule has 2 unspecified atom stereocenters. The van der Waals surface area contributed by atoms with E-state index in [1.807, 2.05) is 19.2 Å². The number of thioether (sulfide) groups is 1. The number of cyclic esters (lactones) is 1. The van der Waals surface area contributed by atoms with Crippen molar-refractivity contribution in [2.45, 2.75) is 65.6 Å². The average Bonchev–Trinajstić information content (AvgIpc) is 3.39. The highest BCUT2D eigenvalue weighted by Gasteiger charge is 2.39. The zero-order valence-electron chi connectivity index (χ0n) is 18.8. The van der Waals surface area contributed by atoms with Gasteiger partial charge >= 0.3 is 5.97 Å². The van der Waals surface area contributed by atoms with E-state index < -0.39 is 17.6 Å². The molecule has 8 nitrogen and oxygen atoms in total. The van der Waals surface area contributed by atoms with Crippen molar-refractivity contribution < 1.29 is 19.1 Å². The largest absolute Gasteiger partial charge is 0.456 e. The molecule has 2 amide bonds. The highest BCUT2D eigenvalue weighted by Crippen LogP contribution is 2.31. The summed E-state index contributed by atoms with van der Waals surface area (Å²) < 4.78 is 5.17. The van der Waals surface area contributed by atoms with Gasteiger partial charge in [-0.05, 0) is 6.92 Å². The van der Waals surface area contributed by atoms with E-state index in [4.69, 9.17) is 4.74 Å². The molecule has 0 radical (unpaired) electrons. The summed E-state index contributed by atoms with van der Waals surface area (Å²) in [6, 6.07) is 0. The molecule has 0 spiro atoms. The number of thiazole rings is 1.